The summed E-state index contributed by atoms with van der Waals surface area (Å²) < 4.78 is 0. The zero-order valence-corrected chi connectivity index (χ0v) is 9.91. The van der Waals surface area contributed by atoms with Crippen molar-refractivity contribution in [2.45, 2.75) is 12.8 Å². The topological polar surface area (TPSA) is 80.9 Å². The predicted molar refractivity (Wildman–Crippen MR) is 67.0 cm³/mol. The van der Waals surface area contributed by atoms with Crippen molar-refractivity contribution in [2.24, 2.45) is 5.73 Å². The quantitative estimate of drug-likeness (QED) is 0.865. The van der Waals surface area contributed by atoms with Crippen LogP contribution in [-0.4, -0.2) is 16.0 Å². The molecule has 0 bridgehead atoms. The number of nitrogens with zero attached hydrogens (tertiary/aromatic N) is 2. The van der Waals surface area contributed by atoms with Crippen LogP contribution in [0.25, 0.3) is 0 Å². The SMILES string of the molecule is NC(=O)Nc1ncc(CCc2ccncc2)s1. The molecule has 17 heavy (non-hydrogen) atoms. The summed E-state index contributed by atoms with van der Waals surface area (Å²) in [6.07, 6.45) is 7.14. The Balaban J connectivity index is 1.91. The summed E-state index contributed by atoms with van der Waals surface area (Å²) in [6, 6.07) is 3.40. The van der Waals surface area contributed by atoms with Gasteiger partial charge in [-0.05, 0) is 30.5 Å². The summed E-state index contributed by atoms with van der Waals surface area (Å²) in [5, 5.41) is 3.00. The Kier molecular flexibility index (Phi) is 3.66. The third-order valence-electron chi connectivity index (χ3n) is 2.19. The maximum Gasteiger partial charge on any atom is 0.318 e. The first-order chi connectivity index (χ1) is 8.24. The number of rotatable bonds is 4. The molecule has 2 aromatic rings. The Morgan fingerprint density at radius 2 is 2.12 bits per heavy atom. The Bertz CT molecular complexity index is 497. The van der Waals surface area contributed by atoms with Gasteiger partial charge in [0.05, 0.1) is 0 Å². The summed E-state index contributed by atoms with van der Waals surface area (Å²) in [5.74, 6) is 0. The van der Waals surface area contributed by atoms with E-state index in [0.717, 1.165) is 17.7 Å². The fraction of sp³-hybridized carbons (Fsp3) is 0.182. The summed E-state index contributed by atoms with van der Waals surface area (Å²) in [7, 11) is 0. The second-order valence-corrected chi connectivity index (χ2v) is 4.59. The van der Waals surface area contributed by atoms with Gasteiger partial charge in [0.25, 0.3) is 0 Å². The van der Waals surface area contributed by atoms with Crippen LogP contribution in [-0.2, 0) is 12.8 Å². The number of anilines is 1. The number of nitrogens with two attached hydrogens (primary N) is 1. The number of aryl methyl sites for hydroxylation is 2. The van der Waals surface area contributed by atoms with Crippen LogP contribution in [0, 0.1) is 0 Å². The highest BCUT2D eigenvalue weighted by molar-refractivity contribution is 7.15. The normalized spacial score (nSPS) is 10.1. The minimum atomic E-state index is -0.583. The molecular formula is C11H12N4OS. The highest BCUT2D eigenvalue weighted by Crippen LogP contribution is 2.19. The maximum atomic E-state index is 10.6. The molecule has 3 N–H and O–H groups in total. The van der Waals surface area contributed by atoms with E-state index in [4.69, 9.17) is 5.73 Å². The maximum absolute atomic E-state index is 10.6. The third-order valence-corrected chi connectivity index (χ3v) is 3.17. The van der Waals surface area contributed by atoms with Crippen LogP contribution in [0.5, 0.6) is 0 Å². The molecule has 2 heterocycles. The van der Waals surface area contributed by atoms with Gasteiger partial charge in [0.1, 0.15) is 0 Å². The second-order valence-electron chi connectivity index (χ2n) is 3.48. The van der Waals surface area contributed by atoms with E-state index in [9.17, 15) is 4.79 Å². The minimum Gasteiger partial charge on any atom is -0.351 e. The molecule has 2 aromatic heterocycles. The first-order valence-electron chi connectivity index (χ1n) is 5.14. The number of nitrogens with one attached hydrogen (secondary N) is 1. The minimum absolute atomic E-state index is 0.544. The van der Waals surface area contributed by atoms with Crippen LogP contribution in [0.1, 0.15) is 10.4 Å². The smallest absolute Gasteiger partial charge is 0.318 e. The Labute approximate surface area is 103 Å². The Morgan fingerprint density at radius 3 is 2.82 bits per heavy atom. The summed E-state index contributed by atoms with van der Waals surface area (Å²) in [6.45, 7) is 0. The van der Waals surface area contributed by atoms with Crippen molar-refractivity contribution in [3.8, 4) is 0 Å². The lowest BCUT2D eigenvalue weighted by Gasteiger charge is -1.97. The average molecular weight is 248 g/mol. The van der Waals surface area contributed by atoms with E-state index in [1.807, 2.05) is 12.1 Å². The Morgan fingerprint density at radius 1 is 1.35 bits per heavy atom. The van der Waals surface area contributed by atoms with Gasteiger partial charge in [0.15, 0.2) is 5.13 Å². The van der Waals surface area contributed by atoms with Crippen LogP contribution in [0.4, 0.5) is 9.93 Å². The largest absolute Gasteiger partial charge is 0.351 e. The molecule has 0 aromatic carbocycles. The van der Waals surface area contributed by atoms with Crippen molar-refractivity contribution in [3.63, 3.8) is 0 Å². The van der Waals surface area contributed by atoms with Gasteiger partial charge in [-0.1, -0.05) is 0 Å². The van der Waals surface area contributed by atoms with E-state index >= 15 is 0 Å². The lowest BCUT2D eigenvalue weighted by molar-refractivity contribution is 0.259. The molecule has 0 saturated heterocycles. The molecule has 0 radical (unpaired) electrons. The number of hydrogen-bond acceptors (Lipinski definition) is 4. The molecule has 0 spiro atoms. The summed E-state index contributed by atoms with van der Waals surface area (Å²) in [4.78, 5) is 19.8. The van der Waals surface area contributed by atoms with Crippen molar-refractivity contribution >= 4 is 22.5 Å². The monoisotopic (exact) mass is 248 g/mol. The van der Waals surface area contributed by atoms with Gasteiger partial charge < -0.3 is 5.73 Å². The number of pyridine rings is 1. The van der Waals surface area contributed by atoms with Gasteiger partial charge in [-0.2, -0.15) is 0 Å². The number of thiazole rings is 1. The fourth-order valence-electron chi connectivity index (χ4n) is 1.40. The molecule has 0 fully saturated rings. The van der Waals surface area contributed by atoms with E-state index < -0.39 is 6.03 Å². The molecule has 5 nitrogen and oxygen atoms in total. The summed E-state index contributed by atoms with van der Waals surface area (Å²) in [5.41, 5.74) is 6.24. The van der Waals surface area contributed by atoms with Gasteiger partial charge in [-0.15, -0.1) is 11.3 Å². The molecule has 0 atom stereocenters. The van der Waals surface area contributed by atoms with Crippen molar-refractivity contribution in [1.29, 1.82) is 0 Å². The van der Waals surface area contributed by atoms with Gasteiger partial charge in [0, 0.05) is 23.5 Å². The standard InChI is InChI=1S/C11H12N4OS/c12-10(16)15-11-14-7-9(17-11)2-1-8-3-5-13-6-4-8/h3-7H,1-2H2,(H3,12,14,15,16). The highest BCUT2D eigenvalue weighted by Gasteiger charge is 2.03. The van der Waals surface area contributed by atoms with Gasteiger partial charge in [-0.25, -0.2) is 9.78 Å². The summed E-state index contributed by atoms with van der Waals surface area (Å²) >= 11 is 1.44. The molecule has 88 valence electrons. The van der Waals surface area contributed by atoms with E-state index in [-0.39, 0.29) is 0 Å². The van der Waals surface area contributed by atoms with Crippen molar-refractivity contribution < 1.29 is 4.79 Å². The highest BCUT2D eigenvalue weighted by atomic mass is 32.1. The van der Waals surface area contributed by atoms with E-state index in [2.05, 4.69) is 15.3 Å². The van der Waals surface area contributed by atoms with Crippen LogP contribution in [0.2, 0.25) is 0 Å². The van der Waals surface area contributed by atoms with Gasteiger partial charge >= 0.3 is 6.03 Å². The second kappa shape index (κ2) is 5.40. The molecule has 0 aliphatic rings. The third kappa shape index (κ3) is 3.53. The first kappa shape index (κ1) is 11.5. The van der Waals surface area contributed by atoms with Crippen molar-refractivity contribution in [3.05, 3.63) is 41.2 Å². The number of carbonyl (C=O) groups is 1. The zero-order chi connectivity index (χ0) is 12.1. The molecule has 6 heteroatoms. The molecule has 0 aliphatic heterocycles. The number of hydrogen-bond donors (Lipinski definition) is 2. The van der Waals surface area contributed by atoms with Gasteiger partial charge in [-0.3, -0.25) is 10.3 Å². The predicted octanol–water partition coefficient (Wildman–Crippen LogP) is 1.81. The lowest BCUT2D eigenvalue weighted by atomic mass is 10.1. The van der Waals surface area contributed by atoms with E-state index in [1.54, 1.807) is 18.6 Å². The van der Waals surface area contributed by atoms with E-state index in [1.165, 1.54) is 16.9 Å². The fourth-order valence-corrected chi connectivity index (χ4v) is 2.22. The zero-order valence-electron chi connectivity index (χ0n) is 9.09. The van der Waals surface area contributed by atoms with Crippen molar-refractivity contribution in [2.75, 3.05) is 5.32 Å². The Hall–Kier alpha value is -1.95. The molecule has 0 unspecified atom stereocenters. The molecule has 0 aliphatic carbocycles. The number of amides is 2. The van der Waals surface area contributed by atoms with Crippen molar-refractivity contribution in [1.82, 2.24) is 9.97 Å². The lowest BCUT2D eigenvalue weighted by Crippen LogP contribution is -2.18. The van der Waals surface area contributed by atoms with E-state index in [0.29, 0.717) is 5.13 Å². The van der Waals surface area contributed by atoms with Gasteiger partial charge in [0.2, 0.25) is 0 Å². The van der Waals surface area contributed by atoms with Crippen LogP contribution >= 0.6 is 11.3 Å². The van der Waals surface area contributed by atoms with Crippen LogP contribution < -0.4 is 11.1 Å². The van der Waals surface area contributed by atoms with Crippen LogP contribution in [0.3, 0.4) is 0 Å². The molecule has 0 saturated carbocycles. The molecule has 2 rings (SSSR count). The average Bonchev–Trinajstić information content (AvgIpc) is 2.75. The number of primary amides is 1. The van der Waals surface area contributed by atoms with Crippen LogP contribution in [0.15, 0.2) is 30.7 Å². The first-order valence-corrected chi connectivity index (χ1v) is 5.96. The number of aromatic nitrogens is 2. The molecule has 2 amide bonds. The number of urea groups is 1. The number of carbonyl (C=O) groups excluding carboxylic acids is 1. The molecular weight excluding hydrogens is 236 g/mol.